The minimum atomic E-state index is -0.0650. The topological polar surface area (TPSA) is 56.1 Å². The number of hydrogen-bond acceptors (Lipinski definition) is 3. The number of nitriles is 1. The van der Waals surface area contributed by atoms with E-state index < -0.39 is 0 Å². The Morgan fingerprint density at radius 3 is 2.59 bits per heavy atom. The number of carbonyl (C=O) groups excluding carboxylic acids is 1. The zero-order valence-electron chi connectivity index (χ0n) is 13.3. The Hall–Kier alpha value is -1.86. The van der Waals surface area contributed by atoms with Crippen LogP contribution in [0.5, 0.6) is 0 Å². The van der Waals surface area contributed by atoms with Gasteiger partial charge in [0.25, 0.3) is 5.91 Å². The molecule has 1 aromatic rings. The van der Waals surface area contributed by atoms with E-state index in [0.29, 0.717) is 17.7 Å². The second-order valence-corrected chi connectivity index (χ2v) is 6.07. The highest BCUT2D eigenvalue weighted by atomic mass is 16.1. The predicted octanol–water partition coefficient (Wildman–Crippen LogP) is 2.94. The number of nitrogens with zero attached hydrogens (tertiary/aromatic N) is 2. The monoisotopic (exact) mass is 299 g/mol. The minimum absolute atomic E-state index is 0.0650. The summed E-state index contributed by atoms with van der Waals surface area (Å²) in [5.74, 6) is -0.0650. The Bertz CT molecular complexity index is 512. The van der Waals surface area contributed by atoms with Crippen molar-refractivity contribution in [2.45, 2.75) is 44.6 Å². The third-order valence-corrected chi connectivity index (χ3v) is 4.45. The van der Waals surface area contributed by atoms with Gasteiger partial charge in [0, 0.05) is 18.2 Å². The standard InChI is InChI=1S/C18H25N3O/c1-21(17-6-3-2-4-7-17)13-5-12-20-18(22)16-10-8-15(14-19)9-11-16/h8-11,17H,2-7,12-13H2,1H3,(H,20,22). The van der Waals surface area contributed by atoms with Crippen molar-refractivity contribution in [3.8, 4) is 6.07 Å². The molecule has 4 nitrogen and oxygen atoms in total. The molecule has 0 aliphatic heterocycles. The van der Waals surface area contributed by atoms with Crippen LogP contribution in [0.15, 0.2) is 24.3 Å². The van der Waals surface area contributed by atoms with Crippen LogP contribution in [-0.4, -0.2) is 37.0 Å². The van der Waals surface area contributed by atoms with Gasteiger partial charge in [-0.2, -0.15) is 5.26 Å². The molecular weight excluding hydrogens is 274 g/mol. The Labute approximate surface area is 133 Å². The van der Waals surface area contributed by atoms with E-state index in [4.69, 9.17) is 5.26 Å². The first-order chi connectivity index (χ1) is 10.7. The first-order valence-corrected chi connectivity index (χ1v) is 8.19. The lowest BCUT2D eigenvalue weighted by molar-refractivity contribution is 0.0950. The molecule has 0 spiro atoms. The van der Waals surface area contributed by atoms with Crippen LogP contribution in [0.25, 0.3) is 0 Å². The number of hydrogen-bond donors (Lipinski definition) is 1. The quantitative estimate of drug-likeness (QED) is 0.822. The normalized spacial score (nSPS) is 15.5. The van der Waals surface area contributed by atoms with E-state index in [-0.39, 0.29) is 5.91 Å². The smallest absolute Gasteiger partial charge is 0.251 e. The molecule has 0 bridgehead atoms. The SMILES string of the molecule is CN(CCCNC(=O)c1ccc(C#N)cc1)C1CCCCC1. The van der Waals surface area contributed by atoms with Crippen LogP contribution < -0.4 is 5.32 Å². The summed E-state index contributed by atoms with van der Waals surface area (Å²) in [5, 5.41) is 11.7. The number of benzene rings is 1. The lowest BCUT2D eigenvalue weighted by Crippen LogP contribution is -2.35. The molecular formula is C18H25N3O. The molecule has 1 fully saturated rings. The van der Waals surface area contributed by atoms with Crippen molar-refractivity contribution < 1.29 is 4.79 Å². The van der Waals surface area contributed by atoms with Crippen LogP contribution in [0.1, 0.15) is 54.4 Å². The zero-order chi connectivity index (χ0) is 15.8. The Morgan fingerprint density at radius 1 is 1.27 bits per heavy atom. The highest BCUT2D eigenvalue weighted by Crippen LogP contribution is 2.21. The summed E-state index contributed by atoms with van der Waals surface area (Å²) in [6.45, 7) is 1.72. The molecule has 0 heterocycles. The molecule has 0 saturated heterocycles. The molecule has 0 radical (unpaired) electrons. The van der Waals surface area contributed by atoms with Gasteiger partial charge in [-0.25, -0.2) is 0 Å². The van der Waals surface area contributed by atoms with Crippen LogP contribution in [0, 0.1) is 11.3 Å². The van der Waals surface area contributed by atoms with Gasteiger partial charge in [-0.3, -0.25) is 4.79 Å². The van der Waals surface area contributed by atoms with E-state index in [2.05, 4.69) is 23.3 Å². The Balaban J connectivity index is 1.67. The van der Waals surface area contributed by atoms with Gasteiger partial charge in [-0.15, -0.1) is 0 Å². The lowest BCUT2D eigenvalue weighted by atomic mass is 9.94. The predicted molar refractivity (Wildman–Crippen MR) is 87.6 cm³/mol. The fourth-order valence-electron chi connectivity index (χ4n) is 3.03. The molecule has 2 rings (SSSR count). The maximum absolute atomic E-state index is 12.0. The van der Waals surface area contributed by atoms with Crippen molar-refractivity contribution in [1.29, 1.82) is 5.26 Å². The van der Waals surface area contributed by atoms with Crippen molar-refractivity contribution in [3.05, 3.63) is 35.4 Å². The molecule has 0 unspecified atom stereocenters. The van der Waals surface area contributed by atoms with Crippen LogP contribution in [-0.2, 0) is 0 Å². The van der Waals surface area contributed by atoms with Gasteiger partial charge in [0.05, 0.1) is 11.6 Å². The summed E-state index contributed by atoms with van der Waals surface area (Å²) < 4.78 is 0. The summed E-state index contributed by atoms with van der Waals surface area (Å²) in [5.41, 5.74) is 1.19. The second-order valence-electron chi connectivity index (χ2n) is 6.07. The molecule has 1 saturated carbocycles. The van der Waals surface area contributed by atoms with Gasteiger partial charge in [0.15, 0.2) is 0 Å². The fourth-order valence-corrected chi connectivity index (χ4v) is 3.03. The van der Waals surface area contributed by atoms with E-state index in [1.165, 1.54) is 32.1 Å². The lowest BCUT2D eigenvalue weighted by Gasteiger charge is -2.31. The van der Waals surface area contributed by atoms with Crippen LogP contribution in [0.4, 0.5) is 0 Å². The van der Waals surface area contributed by atoms with Gasteiger partial charge >= 0.3 is 0 Å². The van der Waals surface area contributed by atoms with E-state index in [9.17, 15) is 4.79 Å². The number of amides is 1. The van der Waals surface area contributed by atoms with Crippen LogP contribution >= 0.6 is 0 Å². The molecule has 0 atom stereocenters. The largest absolute Gasteiger partial charge is 0.352 e. The molecule has 22 heavy (non-hydrogen) atoms. The Morgan fingerprint density at radius 2 is 1.95 bits per heavy atom. The average molecular weight is 299 g/mol. The summed E-state index contributed by atoms with van der Waals surface area (Å²) in [7, 11) is 2.19. The van der Waals surface area contributed by atoms with E-state index in [1.54, 1.807) is 24.3 Å². The molecule has 1 aliphatic carbocycles. The first-order valence-electron chi connectivity index (χ1n) is 8.19. The third kappa shape index (κ3) is 4.85. The van der Waals surface area contributed by atoms with Crippen molar-refractivity contribution in [3.63, 3.8) is 0 Å². The van der Waals surface area contributed by atoms with Gasteiger partial charge in [-0.1, -0.05) is 19.3 Å². The molecule has 1 N–H and O–H groups in total. The van der Waals surface area contributed by atoms with Gasteiger partial charge in [0.2, 0.25) is 0 Å². The molecule has 4 heteroatoms. The number of carbonyl (C=O) groups is 1. The maximum Gasteiger partial charge on any atom is 0.251 e. The van der Waals surface area contributed by atoms with Gasteiger partial charge < -0.3 is 10.2 Å². The van der Waals surface area contributed by atoms with Crippen LogP contribution in [0.3, 0.4) is 0 Å². The van der Waals surface area contributed by atoms with Gasteiger partial charge in [0.1, 0.15) is 0 Å². The highest BCUT2D eigenvalue weighted by molar-refractivity contribution is 5.94. The first kappa shape index (κ1) is 16.5. The van der Waals surface area contributed by atoms with E-state index >= 15 is 0 Å². The molecule has 118 valence electrons. The van der Waals surface area contributed by atoms with E-state index in [0.717, 1.165) is 19.0 Å². The highest BCUT2D eigenvalue weighted by Gasteiger charge is 2.17. The van der Waals surface area contributed by atoms with Gasteiger partial charge in [-0.05, 0) is 57.1 Å². The van der Waals surface area contributed by atoms with Crippen molar-refractivity contribution >= 4 is 5.91 Å². The third-order valence-electron chi connectivity index (χ3n) is 4.45. The van der Waals surface area contributed by atoms with Crippen molar-refractivity contribution in [1.82, 2.24) is 10.2 Å². The number of nitrogens with one attached hydrogen (secondary N) is 1. The summed E-state index contributed by atoms with van der Waals surface area (Å²) in [6, 6.07) is 9.51. The molecule has 1 amide bonds. The summed E-state index contributed by atoms with van der Waals surface area (Å²) in [6.07, 6.45) is 7.68. The average Bonchev–Trinajstić information content (AvgIpc) is 2.59. The Kier molecular flexibility index (Phi) is 6.42. The zero-order valence-corrected chi connectivity index (χ0v) is 13.3. The fraction of sp³-hybridized carbons (Fsp3) is 0.556. The molecule has 1 aliphatic rings. The van der Waals surface area contributed by atoms with Crippen LogP contribution in [0.2, 0.25) is 0 Å². The second kappa shape index (κ2) is 8.55. The minimum Gasteiger partial charge on any atom is -0.352 e. The van der Waals surface area contributed by atoms with Crippen molar-refractivity contribution in [2.75, 3.05) is 20.1 Å². The van der Waals surface area contributed by atoms with Crippen molar-refractivity contribution in [2.24, 2.45) is 0 Å². The van der Waals surface area contributed by atoms with E-state index in [1.807, 2.05) is 0 Å². The summed E-state index contributed by atoms with van der Waals surface area (Å²) >= 11 is 0. The molecule has 1 aromatic carbocycles. The molecule has 0 aromatic heterocycles. The number of rotatable bonds is 6. The summed E-state index contributed by atoms with van der Waals surface area (Å²) in [4.78, 5) is 14.4. The maximum atomic E-state index is 12.0.